The average Bonchev–Trinajstić information content (AvgIpc) is 2.46. The molecule has 0 aliphatic rings. The number of unbranched alkanes of at least 4 members (excludes halogenated alkanes) is 3. The van der Waals surface area contributed by atoms with Crippen molar-refractivity contribution < 1.29 is 4.39 Å². The normalized spacial score (nSPS) is 10.6. The van der Waals surface area contributed by atoms with E-state index in [0.717, 1.165) is 25.9 Å². The number of thioether (sulfide) groups is 1. The molecule has 0 radical (unpaired) electrons. The van der Waals surface area contributed by atoms with Crippen molar-refractivity contribution in [1.29, 1.82) is 0 Å². The molecule has 20 heavy (non-hydrogen) atoms. The third-order valence-corrected chi connectivity index (χ3v) is 3.54. The van der Waals surface area contributed by atoms with Gasteiger partial charge in [0.15, 0.2) is 11.6 Å². The number of halogens is 1. The first kappa shape index (κ1) is 17.0. The number of rotatable bonds is 11. The van der Waals surface area contributed by atoms with Crippen LogP contribution in [0, 0.1) is 5.82 Å². The van der Waals surface area contributed by atoms with Crippen LogP contribution in [0.25, 0.3) is 0 Å². The molecular formula is C14H25FN4S. The van der Waals surface area contributed by atoms with Crippen molar-refractivity contribution >= 4 is 23.5 Å². The summed E-state index contributed by atoms with van der Waals surface area (Å²) < 4.78 is 13.5. The maximum absolute atomic E-state index is 13.5. The Bertz CT molecular complexity index is 376. The summed E-state index contributed by atoms with van der Waals surface area (Å²) in [6, 6.07) is 0. The molecule has 0 spiro atoms. The fraction of sp³-hybridized carbons (Fsp3) is 0.714. The topological polar surface area (TPSA) is 49.8 Å². The Kier molecular flexibility index (Phi) is 9.11. The summed E-state index contributed by atoms with van der Waals surface area (Å²) in [7, 11) is 0. The maximum Gasteiger partial charge on any atom is 0.224 e. The fourth-order valence-corrected chi connectivity index (χ4v) is 2.24. The highest BCUT2D eigenvalue weighted by molar-refractivity contribution is 7.98. The monoisotopic (exact) mass is 300 g/mol. The van der Waals surface area contributed by atoms with E-state index in [9.17, 15) is 4.39 Å². The van der Waals surface area contributed by atoms with Crippen molar-refractivity contribution in [2.75, 3.05) is 35.7 Å². The quantitative estimate of drug-likeness (QED) is 0.609. The zero-order valence-corrected chi connectivity index (χ0v) is 13.2. The number of nitrogens with one attached hydrogen (secondary N) is 2. The summed E-state index contributed by atoms with van der Waals surface area (Å²) in [6.45, 7) is 3.60. The standard InChI is InChI=1S/C14H25FN4S/c1-3-8-17-14-18-11-12(15)13(19-14)16-9-6-4-5-7-10-20-2/h11H,3-10H2,1-2H3,(H2,16,17,18,19). The van der Waals surface area contributed by atoms with Crippen LogP contribution in [-0.2, 0) is 0 Å². The predicted molar refractivity (Wildman–Crippen MR) is 86.1 cm³/mol. The third kappa shape index (κ3) is 6.93. The third-order valence-electron chi connectivity index (χ3n) is 2.84. The van der Waals surface area contributed by atoms with Gasteiger partial charge in [-0.1, -0.05) is 19.8 Å². The highest BCUT2D eigenvalue weighted by Crippen LogP contribution is 2.12. The van der Waals surface area contributed by atoms with Gasteiger partial charge in [0, 0.05) is 13.1 Å². The zero-order chi connectivity index (χ0) is 14.6. The summed E-state index contributed by atoms with van der Waals surface area (Å²) >= 11 is 1.88. The van der Waals surface area contributed by atoms with Gasteiger partial charge in [-0.15, -0.1) is 0 Å². The Morgan fingerprint density at radius 3 is 2.70 bits per heavy atom. The van der Waals surface area contributed by atoms with E-state index >= 15 is 0 Å². The number of hydrogen-bond donors (Lipinski definition) is 2. The van der Waals surface area contributed by atoms with Gasteiger partial charge in [-0.2, -0.15) is 16.7 Å². The number of hydrogen-bond acceptors (Lipinski definition) is 5. The van der Waals surface area contributed by atoms with Crippen molar-refractivity contribution in [1.82, 2.24) is 9.97 Å². The lowest BCUT2D eigenvalue weighted by atomic mass is 10.2. The molecule has 1 heterocycles. The van der Waals surface area contributed by atoms with Gasteiger partial charge >= 0.3 is 0 Å². The summed E-state index contributed by atoms with van der Waals surface area (Å²) in [6.07, 6.45) is 9.03. The van der Waals surface area contributed by atoms with E-state index in [2.05, 4.69) is 33.8 Å². The van der Waals surface area contributed by atoms with Gasteiger partial charge in [-0.05, 0) is 31.3 Å². The van der Waals surface area contributed by atoms with E-state index in [1.807, 2.05) is 11.8 Å². The highest BCUT2D eigenvalue weighted by atomic mass is 32.2. The second-order valence-electron chi connectivity index (χ2n) is 4.65. The van der Waals surface area contributed by atoms with Crippen LogP contribution in [0.15, 0.2) is 6.20 Å². The van der Waals surface area contributed by atoms with Crippen molar-refractivity contribution in [2.24, 2.45) is 0 Å². The molecule has 0 saturated heterocycles. The molecule has 1 rings (SSSR count). The lowest BCUT2D eigenvalue weighted by molar-refractivity contribution is 0.614. The molecule has 0 saturated carbocycles. The smallest absolute Gasteiger partial charge is 0.224 e. The number of anilines is 2. The minimum absolute atomic E-state index is 0.294. The summed E-state index contributed by atoms with van der Waals surface area (Å²) in [5.74, 6) is 1.60. The molecule has 4 nitrogen and oxygen atoms in total. The first-order chi connectivity index (χ1) is 9.77. The summed E-state index contributed by atoms with van der Waals surface area (Å²) in [4.78, 5) is 8.06. The van der Waals surface area contributed by atoms with Crippen molar-refractivity contribution in [2.45, 2.75) is 39.0 Å². The average molecular weight is 300 g/mol. The van der Waals surface area contributed by atoms with Crippen molar-refractivity contribution in [3.05, 3.63) is 12.0 Å². The first-order valence-corrected chi connectivity index (χ1v) is 8.66. The maximum atomic E-state index is 13.5. The molecule has 1 aromatic rings. The Balaban J connectivity index is 2.27. The van der Waals surface area contributed by atoms with Gasteiger partial charge in [-0.25, -0.2) is 9.37 Å². The molecule has 1 aromatic heterocycles. The van der Waals surface area contributed by atoms with Crippen LogP contribution in [-0.4, -0.2) is 35.1 Å². The summed E-state index contributed by atoms with van der Waals surface area (Å²) in [5.41, 5.74) is 0. The lowest BCUT2D eigenvalue weighted by Gasteiger charge is -2.08. The molecule has 2 N–H and O–H groups in total. The van der Waals surface area contributed by atoms with Crippen LogP contribution >= 0.6 is 11.8 Å². The highest BCUT2D eigenvalue weighted by Gasteiger charge is 2.05. The molecule has 114 valence electrons. The second kappa shape index (κ2) is 10.7. The molecule has 0 aliphatic carbocycles. The van der Waals surface area contributed by atoms with Gasteiger partial charge in [0.25, 0.3) is 0 Å². The van der Waals surface area contributed by atoms with Crippen LogP contribution in [0.5, 0.6) is 0 Å². The van der Waals surface area contributed by atoms with Crippen LogP contribution in [0.4, 0.5) is 16.2 Å². The largest absolute Gasteiger partial charge is 0.367 e. The van der Waals surface area contributed by atoms with Gasteiger partial charge in [0.2, 0.25) is 5.95 Å². The molecular weight excluding hydrogens is 275 g/mol. The van der Waals surface area contributed by atoms with E-state index in [4.69, 9.17) is 0 Å². The Labute approximate surface area is 125 Å². The second-order valence-corrected chi connectivity index (χ2v) is 5.64. The van der Waals surface area contributed by atoms with Gasteiger partial charge < -0.3 is 10.6 Å². The minimum atomic E-state index is -0.394. The van der Waals surface area contributed by atoms with Crippen LogP contribution in [0.1, 0.15) is 39.0 Å². The lowest BCUT2D eigenvalue weighted by Crippen LogP contribution is -2.10. The van der Waals surface area contributed by atoms with Crippen LogP contribution in [0.2, 0.25) is 0 Å². The van der Waals surface area contributed by atoms with E-state index in [1.165, 1.54) is 31.2 Å². The molecule has 0 aliphatic heterocycles. The van der Waals surface area contributed by atoms with E-state index < -0.39 is 5.82 Å². The molecule has 0 atom stereocenters. The SMILES string of the molecule is CCCNc1ncc(F)c(NCCCCCCSC)n1. The van der Waals surface area contributed by atoms with Gasteiger partial charge in [0.1, 0.15) is 0 Å². The predicted octanol–water partition coefficient (Wildman–Crippen LogP) is 3.77. The molecule has 6 heteroatoms. The zero-order valence-electron chi connectivity index (χ0n) is 12.4. The van der Waals surface area contributed by atoms with Crippen molar-refractivity contribution in [3.63, 3.8) is 0 Å². The summed E-state index contributed by atoms with van der Waals surface area (Å²) in [5, 5.41) is 6.10. The Morgan fingerprint density at radius 2 is 1.95 bits per heavy atom. The molecule has 0 fully saturated rings. The van der Waals surface area contributed by atoms with Crippen LogP contribution < -0.4 is 10.6 Å². The first-order valence-electron chi connectivity index (χ1n) is 7.27. The van der Waals surface area contributed by atoms with Gasteiger partial charge in [-0.3, -0.25) is 0 Å². The van der Waals surface area contributed by atoms with E-state index in [1.54, 1.807) is 0 Å². The molecule has 0 bridgehead atoms. The molecule has 0 aromatic carbocycles. The van der Waals surface area contributed by atoms with Gasteiger partial charge in [0.05, 0.1) is 6.20 Å². The van der Waals surface area contributed by atoms with E-state index in [0.29, 0.717) is 11.8 Å². The molecule has 0 amide bonds. The van der Waals surface area contributed by atoms with Crippen molar-refractivity contribution in [3.8, 4) is 0 Å². The number of nitrogens with zero attached hydrogens (tertiary/aromatic N) is 2. The Morgan fingerprint density at radius 1 is 1.15 bits per heavy atom. The van der Waals surface area contributed by atoms with E-state index in [-0.39, 0.29) is 0 Å². The Hall–Kier alpha value is -1.04. The minimum Gasteiger partial charge on any atom is -0.367 e. The molecule has 0 unspecified atom stereocenters. The number of aromatic nitrogens is 2. The fourth-order valence-electron chi connectivity index (χ4n) is 1.74. The van der Waals surface area contributed by atoms with Crippen LogP contribution in [0.3, 0.4) is 0 Å².